The lowest BCUT2D eigenvalue weighted by Crippen LogP contribution is -2.12. The Morgan fingerprint density at radius 1 is 1.03 bits per heavy atom. The number of hydrogen-bond acceptors (Lipinski definition) is 13. The van der Waals surface area contributed by atoms with Crippen LogP contribution in [0, 0.1) is 0 Å². The van der Waals surface area contributed by atoms with Crippen molar-refractivity contribution in [3.05, 3.63) is 42.5 Å². The molecular weight excluding hydrogens is 526 g/mol. The minimum atomic E-state index is -4.90. The number of aromatic hydroxyl groups is 1. The lowest BCUT2D eigenvalue weighted by Gasteiger charge is -2.10. The van der Waals surface area contributed by atoms with Gasteiger partial charge in [-0.2, -0.15) is 8.42 Å². The van der Waals surface area contributed by atoms with Crippen LogP contribution >= 0.6 is 12.0 Å². The van der Waals surface area contributed by atoms with E-state index in [-0.39, 0.29) is 44.6 Å². The molecule has 0 amide bonds. The fourth-order valence-corrected chi connectivity index (χ4v) is 5.35. The predicted octanol–water partition coefficient (Wildman–Crippen LogP) is 3.64. The number of anilines is 1. The number of rotatable bonds is 10. The van der Waals surface area contributed by atoms with Crippen molar-refractivity contribution in [1.29, 1.82) is 0 Å². The molecule has 0 aromatic heterocycles. The van der Waals surface area contributed by atoms with Crippen LogP contribution in [0.25, 0.3) is 10.8 Å². The van der Waals surface area contributed by atoms with Gasteiger partial charge in [0.15, 0.2) is 9.84 Å². The second kappa shape index (κ2) is 10.8. The summed E-state index contributed by atoms with van der Waals surface area (Å²) in [5.74, 6) is -0.594. The van der Waals surface area contributed by atoms with Crippen LogP contribution in [0.4, 0.5) is 17.1 Å². The Morgan fingerprint density at radius 3 is 2.43 bits per heavy atom. The van der Waals surface area contributed by atoms with Crippen molar-refractivity contribution in [3.8, 4) is 5.75 Å². The number of nitrogens with two attached hydrogens (primary N) is 1. The molecule has 0 fully saturated rings. The van der Waals surface area contributed by atoms with Gasteiger partial charge in [-0.1, -0.05) is 5.04 Å². The third-order valence-corrected chi connectivity index (χ3v) is 7.75. The molecule has 0 saturated carbocycles. The van der Waals surface area contributed by atoms with E-state index in [1.54, 1.807) is 0 Å². The number of azo groups is 1. The van der Waals surface area contributed by atoms with E-state index in [9.17, 15) is 26.5 Å². The summed E-state index contributed by atoms with van der Waals surface area (Å²) in [7, 11) is -7.48. The number of nitrogen functional groups attached to an aromatic ring is 1. The average molecular weight is 546 g/mol. The number of phenolic OH excluding ortho intramolecular Hbond substituents is 1. The van der Waals surface area contributed by atoms with Crippen molar-refractivity contribution in [2.45, 2.75) is 14.7 Å². The van der Waals surface area contributed by atoms with Gasteiger partial charge in [0.25, 0.3) is 10.1 Å². The second-order valence-corrected chi connectivity index (χ2v) is 11.2. The molecule has 0 saturated heterocycles. The van der Waals surface area contributed by atoms with Crippen molar-refractivity contribution < 1.29 is 45.9 Å². The van der Waals surface area contributed by atoms with E-state index in [0.29, 0.717) is 17.4 Å². The zero-order chi connectivity index (χ0) is 25.8. The maximum Gasteiger partial charge on any atom is 0.296 e. The van der Waals surface area contributed by atoms with Gasteiger partial charge in [-0.25, -0.2) is 13.7 Å². The molecule has 13 nitrogen and oxygen atoms in total. The van der Waals surface area contributed by atoms with E-state index < -0.39 is 30.6 Å². The first-order valence-electron chi connectivity index (χ1n) is 9.43. The topological polar surface area (TPSA) is 207 Å². The van der Waals surface area contributed by atoms with E-state index in [0.717, 1.165) is 18.2 Å². The maximum absolute atomic E-state index is 12.4. The molecule has 0 unspecified atom stereocenters. The van der Waals surface area contributed by atoms with Crippen LogP contribution in [-0.4, -0.2) is 51.2 Å². The van der Waals surface area contributed by atoms with Crippen LogP contribution in [0.3, 0.4) is 0 Å². The Hall–Kier alpha value is -2.83. The van der Waals surface area contributed by atoms with Crippen LogP contribution in [0.1, 0.15) is 0 Å². The fraction of sp³-hybridized carbons (Fsp3) is 0.158. The first kappa shape index (κ1) is 26.8. The Morgan fingerprint density at radius 2 is 1.77 bits per heavy atom. The quantitative estimate of drug-likeness (QED) is 0.0719. The largest absolute Gasteiger partial charge is 0.507 e. The van der Waals surface area contributed by atoms with Crippen molar-refractivity contribution >= 4 is 59.8 Å². The molecule has 35 heavy (non-hydrogen) atoms. The summed E-state index contributed by atoms with van der Waals surface area (Å²) in [6.45, 7) is -0.117. The third kappa shape index (κ3) is 6.24. The van der Waals surface area contributed by atoms with Crippen LogP contribution in [-0.2, 0) is 34.1 Å². The molecule has 0 bridgehead atoms. The van der Waals surface area contributed by atoms with Gasteiger partial charge in [0.1, 0.15) is 22.0 Å². The van der Waals surface area contributed by atoms with E-state index >= 15 is 0 Å². The highest BCUT2D eigenvalue weighted by Crippen LogP contribution is 2.40. The minimum Gasteiger partial charge on any atom is -0.507 e. The van der Waals surface area contributed by atoms with E-state index in [1.807, 2.05) is 0 Å². The molecule has 0 aliphatic heterocycles. The first-order valence-corrected chi connectivity index (χ1v) is 13.3. The van der Waals surface area contributed by atoms with E-state index in [1.165, 1.54) is 31.4 Å². The molecule has 0 atom stereocenters. The summed E-state index contributed by atoms with van der Waals surface area (Å²) < 4.78 is 67.5. The van der Waals surface area contributed by atoms with Gasteiger partial charge >= 0.3 is 0 Å². The summed E-state index contributed by atoms with van der Waals surface area (Å²) in [4.78, 5) is -0.857. The second-order valence-electron chi connectivity index (χ2n) is 6.88. The van der Waals surface area contributed by atoms with E-state index in [4.69, 9.17) is 15.7 Å². The zero-order valence-electron chi connectivity index (χ0n) is 17.9. The normalized spacial score (nSPS) is 12.5. The van der Waals surface area contributed by atoms with Crippen molar-refractivity contribution in [3.63, 3.8) is 0 Å². The SMILES string of the molecule is COCCS(=O)(=O)c1ccc(N=Nc2c(N)ccc3c(O)cc(SOOO)cc23)c(S(=O)(=O)O)c1. The summed E-state index contributed by atoms with van der Waals surface area (Å²) >= 11 is 0.570. The number of methoxy groups -OCH3 is 1. The highest BCUT2D eigenvalue weighted by Gasteiger charge is 2.22. The molecule has 0 aliphatic rings. The van der Waals surface area contributed by atoms with Crippen LogP contribution in [0.2, 0.25) is 0 Å². The van der Waals surface area contributed by atoms with Gasteiger partial charge in [-0.05, 0) is 42.5 Å². The van der Waals surface area contributed by atoms with Crippen LogP contribution < -0.4 is 5.73 Å². The van der Waals surface area contributed by atoms with Gasteiger partial charge in [0.2, 0.25) is 0 Å². The minimum absolute atomic E-state index is 0.0308. The molecule has 5 N–H and O–H groups in total. The summed E-state index contributed by atoms with van der Waals surface area (Å²) in [6, 6.07) is 8.72. The molecule has 0 radical (unpaired) electrons. The Labute approximate surface area is 203 Å². The molecule has 3 rings (SSSR count). The van der Waals surface area contributed by atoms with Crippen molar-refractivity contribution in [1.82, 2.24) is 0 Å². The number of nitrogens with zero attached hydrogens (tertiary/aromatic N) is 2. The number of ether oxygens (including phenoxy) is 1. The third-order valence-electron chi connectivity index (χ3n) is 4.63. The number of fused-ring (bicyclic) bond motifs is 1. The lowest BCUT2D eigenvalue weighted by atomic mass is 10.1. The number of sulfone groups is 1. The molecular formula is C19H19N3O10S3. The van der Waals surface area contributed by atoms with Crippen molar-refractivity contribution in [2.75, 3.05) is 25.2 Å². The van der Waals surface area contributed by atoms with Gasteiger partial charge in [-0.3, -0.25) is 4.55 Å². The monoisotopic (exact) mass is 545 g/mol. The van der Waals surface area contributed by atoms with Crippen LogP contribution in [0.5, 0.6) is 5.75 Å². The van der Waals surface area contributed by atoms with Crippen molar-refractivity contribution in [2.24, 2.45) is 10.2 Å². The zero-order valence-corrected chi connectivity index (χ0v) is 20.3. The number of benzene rings is 3. The number of hydrogen-bond donors (Lipinski definition) is 4. The van der Waals surface area contributed by atoms with Crippen LogP contribution in [0.15, 0.2) is 67.4 Å². The van der Waals surface area contributed by atoms with Gasteiger partial charge in [-0.15, -0.1) is 14.6 Å². The molecule has 0 heterocycles. The van der Waals surface area contributed by atoms with Gasteiger partial charge in [0.05, 0.1) is 35.0 Å². The predicted molar refractivity (Wildman–Crippen MR) is 125 cm³/mol. The summed E-state index contributed by atoms with van der Waals surface area (Å²) in [5.41, 5.74) is 5.78. The molecule has 0 spiro atoms. The smallest absolute Gasteiger partial charge is 0.296 e. The molecule has 3 aromatic rings. The van der Waals surface area contributed by atoms with E-state index in [2.05, 4.69) is 19.6 Å². The summed E-state index contributed by atoms with van der Waals surface area (Å²) in [6.07, 6.45) is 0. The highest BCUT2D eigenvalue weighted by atomic mass is 32.2. The Balaban J connectivity index is 2.13. The maximum atomic E-state index is 12.4. The first-order chi connectivity index (χ1) is 16.5. The molecule has 3 aromatic carbocycles. The highest BCUT2D eigenvalue weighted by molar-refractivity contribution is 7.94. The Bertz CT molecular complexity index is 1490. The molecule has 16 heteroatoms. The summed E-state index contributed by atoms with van der Waals surface area (Å²) in [5, 5.41) is 30.7. The fourth-order valence-electron chi connectivity index (χ4n) is 3.00. The molecule has 188 valence electrons. The average Bonchev–Trinajstić information content (AvgIpc) is 2.80. The standard InChI is InChI=1S/C19H19N3O10S3/c1-30-6-7-34(25,26)12-2-5-16(18(10-12)35(27,28)29)21-22-19-14-8-11(33-32-31-24)9-17(23)13(14)3-4-15(19)20/h2-5,8-10,23-24H,6-7,20H2,1H3,(H,27,28,29). The van der Waals surface area contributed by atoms with Gasteiger partial charge < -0.3 is 15.6 Å². The van der Waals surface area contributed by atoms with Gasteiger partial charge in [0, 0.05) is 22.8 Å². The molecule has 0 aliphatic carbocycles. The lowest BCUT2D eigenvalue weighted by molar-refractivity contribution is -0.432. The Kier molecular flexibility index (Phi) is 8.29. The number of phenols is 1.